The Bertz CT molecular complexity index is 1310. The molecule has 1 atom stereocenters. The molecule has 33 heavy (non-hydrogen) atoms. The van der Waals surface area contributed by atoms with Gasteiger partial charge >= 0.3 is 0 Å². The van der Waals surface area contributed by atoms with Crippen molar-refractivity contribution in [2.45, 2.75) is 17.5 Å². The average Bonchev–Trinajstić information content (AvgIpc) is 3.37. The van der Waals surface area contributed by atoms with Gasteiger partial charge in [0.05, 0.1) is 23.2 Å². The Kier molecular flexibility index (Phi) is 6.50. The fraction of sp³-hybridized carbons (Fsp3) is 0.125. The van der Waals surface area contributed by atoms with Gasteiger partial charge in [0.1, 0.15) is 12.7 Å². The second-order valence-electron chi connectivity index (χ2n) is 7.39. The van der Waals surface area contributed by atoms with Crippen LogP contribution in [0.4, 0.5) is 5.69 Å². The molecule has 0 radical (unpaired) electrons. The zero-order chi connectivity index (χ0) is 23.3. The van der Waals surface area contributed by atoms with E-state index in [1.54, 1.807) is 47.4 Å². The summed E-state index contributed by atoms with van der Waals surface area (Å²) < 4.78 is 29.1. The van der Waals surface area contributed by atoms with Crippen molar-refractivity contribution in [2.24, 2.45) is 0 Å². The summed E-state index contributed by atoms with van der Waals surface area (Å²) in [5, 5.41) is 7.12. The molecule has 0 fully saturated rings. The van der Waals surface area contributed by atoms with Crippen LogP contribution in [0.3, 0.4) is 0 Å². The highest BCUT2D eigenvalue weighted by Gasteiger charge is 2.23. The fourth-order valence-electron chi connectivity index (χ4n) is 3.41. The van der Waals surface area contributed by atoms with E-state index in [0.29, 0.717) is 12.2 Å². The first-order valence-electron chi connectivity index (χ1n) is 10.3. The van der Waals surface area contributed by atoms with Gasteiger partial charge in [0.25, 0.3) is 15.9 Å². The van der Waals surface area contributed by atoms with E-state index in [9.17, 15) is 13.2 Å². The van der Waals surface area contributed by atoms with Gasteiger partial charge in [-0.2, -0.15) is 5.10 Å². The number of para-hydroxylation sites is 1. The minimum absolute atomic E-state index is 0.0361. The first-order valence-corrected chi connectivity index (χ1v) is 11.7. The number of nitrogens with zero attached hydrogens (tertiary/aromatic N) is 4. The van der Waals surface area contributed by atoms with E-state index in [4.69, 9.17) is 0 Å². The second-order valence-corrected chi connectivity index (χ2v) is 9.36. The molecular formula is C24H23N5O3S. The molecule has 0 bridgehead atoms. The Morgan fingerprint density at radius 2 is 1.70 bits per heavy atom. The summed E-state index contributed by atoms with van der Waals surface area (Å²) in [5.41, 5.74) is 1.68. The lowest BCUT2D eigenvalue weighted by Gasteiger charge is -2.21. The summed E-state index contributed by atoms with van der Waals surface area (Å²) in [6.45, 7) is 0.379. The molecular weight excluding hydrogens is 438 g/mol. The highest BCUT2D eigenvalue weighted by Crippen LogP contribution is 2.23. The molecule has 1 heterocycles. The quantitative estimate of drug-likeness (QED) is 0.434. The zero-order valence-corrected chi connectivity index (χ0v) is 18.8. The summed E-state index contributed by atoms with van der Waals surface area (Å²) >= 11 is 0. The Morgan fingerprint density at radius 1 is 1.00 bits per heavy atom. The predicted octanol–water partition coefficient (Wildman–Crippen LogP) is 3.27. The third-order valence-electron chi connectivity index (χ3n) is 5.22. The Balaban J connectivity index is 1.58. The Labute approximate surface area is 192 Å². The average molecular weight is 462 g/mol. The molecule has 0 saturated carbocycles. The molecule has 1 amide bonds. The first-order chi connectivity index (χ1) is 15.9. The third-order valence-corrected chi connectivity index (χ3v) is 7.00. The second kappa shape index (κ2) is 9.66. The molecule has 0 spiro atoms. The Morgan fingerprint density at radius 3 is 2.36 bits per heavy atom. The zero-order valence-electron chi connectivity index (χ0n) is 17.9. The van der Waals surface area contributed by atoms with E-state index in [1.807, 2.05) is 36.4 Å². The molecule has 0 saturated heterocycles. The van der Waals surface area contributed by atoms with E-state index in [2.05, 4.69) is 15.4 Å². The van der Waals surface area contributed by atoms with Crippen molar-refractivity contribution in [3.8, 4) is 0 Å². The number of benzene rings is 3. The molecule has 0 aliphatic rings. The number of nitrogens with one attached hydrogen (secondary N) is 1. The van der Waals surface area contributed by atoms with Crippen LogP contribution in [0.1, 0.15) is 22.0 Å². The van der Waals surface area contributed by atoms with E-state index in [0.717, 1.165) is 5.56 Å². The lowest BCUT2D eigenvalue weighted by Crippen LogP contribution is -2.32. The topological polar surface area (TPSA) is 97.2 Å². The molecule has 168 valence electrons. The van der Waals surface area contributed by atoms with Crippen molar-refractivity contribution in [1.29, 1.82) is 0 Å². The monoisotopic (exact) mass is 461 g/mol. The van der Waals surface area contributed by atoms with E-state index >= 15 is 0 Å². The SMILES string of the molecule is CN(c1ccccc1)S(=O)(=O)c1cccc(C(=O)NC(Cn2cncn2)c2ccccc2)c1. The molecule has 4 rings (SSSR count). The van der Waals surface area contributed by atoms with Crippen LogP contribution in [-0.2, 0) is 16.6 Å². The van der Waals surface area contributed by atoms with Gasteiger partial charge in [-0.05, 0) is 35.9 Å². The summed E-state index contributed by atoms with van der Waals surface area (Å²) in [4.78, 5) is 17.1. The summed E-state index contributed by atoms with van der Waals surface area (Å²) in [6.07, 6.45) is 3.01. The molecule has 1 aromatic heterocycles. The molecule has 0 aliphatic heterocycles. The summed E-state index contributed by atoms with van der Waals surface area (Å²) in [5.74, 6) is -0.386. The maximum Gasteiger partial charge on any atom is 0.264 e. The minimum Gasteiger partial charge on any atom is -0.343 e. The van der Waals surface area contributed by atoms with Crippen LogP contribution in [0.2, 0.25) is 0 Å². The van der Waals surface area contributed by atoms with E-state index in [-0.39, 0.29) is 22.4 Å². The Hall–Kier alpha value is -3.98. The van der Waals surface area contributed by atoms with Gasteiger partial charge in [0.2, 0.25) is 0 Å². The van der Waals surface area contributed by atoms with Crippen molar-refractivity contribution >= 4 is 21.6 Å². The van der Waals surface area contributed by atoms with Crippen LogP contribution in [-0.4, -0.2) is 36.1 Å². The molecule has 8 nitrogen and oxygen atoms in total. The van der Waals surface area contributed by atoms with Crippen LogP contribution in [0.5, 0.6) is 0 Å². The highest BCUT2D eigenvalue weighted by molar-refractivity contribution is 7.92. The number of aromatic nitrogens is 3. The van der Waals surface area contributed by atoms with Crippen LogP contribution in [0.25, 0.3) is 0 Å². The van der Waals surface area contributed by atoms with Gasteiger partial charge in [-0.1, -0.05) is 54.6 Å². The van der Waals surface area contributed by atoms with Crippen LogP contribution < -0.4 is 9.62 Å². The smallest absolute Gasteiger partial charge is 0.264 e. The van der Waals surface area contributed by atoms with Gasteiger partial charge in [-0.3, -0.25) is 13.8 Å². The number of amides is 1. The summed E-state index contributed by atoms with van der Waals surface area (Å²) in [7, 11) is -2.35. The van der Waals surface area contributed by atoms with Gasteiger partial charge < -0.3 is 5.32 Å². The maximum absolute atomic E-state index is 13.1. The number of anilines is 1. The molecule has 1 N–H and O–H groups in total. The molecule has 4 aromatic rings. The van der Waals surface area contributed by atoms with E-state index < -0.39 is 10.0 Å². The molecule has 9 heteroatoms. The number of carbonyl (C=O) groups is 1. The number of carbonyl (C=O) groups excluding carboxylic acids is 1. The number of sulfonamides is 1. The maximum atomic E-state index is 13.1. The van der Waals surface area contributed by atoms with Crippen LogP contribution in [0.15, 0.2) is 102 Å². The third kappa shape index (κ3) is 5.09. The van der Waals surface area contributed by atoms with Gasteiger partial charge in [0, 0.05) is 12.6 Å². The van der Waals surface area contributed by atoms with Gasteiger partial charge in [-0.25, -0.2) is 13.4 Å². The normalized spacial score (nSPS) is 12.2. The molecule has 1 unspecified atom stereocenters. The lowest BCUT2D eigenvalue weighted by atomic mass is 10.1. The van der Waals surface area contributed by atoms with Crippen molar-refractivity contribution < 1.29 is 13.2 Å². The van der Waals surface area contributed by atoms with Gasteiger partial charge in [0.15, 0.2) is 0 Å². The highest BCUT2D eigenvalue weighted by atomic mass is 32.2. The predicted molar refractivity (Wildman–Crippen MR) is 125 cm³/mol. The van der Waals surface area contributed by atoms with Crippen molar-refractivity contribution in [1.82, 2.24) is 20.1 Å². The largest absolute Gasteiger partial charge is 0.343 e. The van der Waals surface area contributed by atoms with Gasteiger partial charge in [-0.15, -0.1) is 0 Å². The number of hydrogen-bond acceptors (Lipinski definition) is 5. The van der Waals surface area contributed by atoms with Crippen LogP contribution >= 0.6 is 0 Å². The lowest BCUT2D eigenvalue weighted by molar-refractivity contribution is 0.0931. The standard InChI is InChI=1S/C24H23N5O3S/c1-28(21-12-6-3-7-13-21)33(31,32)22-14-8-11-20(15-22)24(30)27-23(16-29-18-25-17-26-29)19-9-4-2-5-10-19/h2-15,17-18,23H,16H2,1H3,(H,27,30). The molecule has 3 aromatic carbocycles. The number of hydrogen-bond donors (Lipinski definition) is 1. The van der Waals surface area contributed by atoms with Crippen LogP contribution in [0, 0.1) is 0 Å². The van der Waals surface area contributed by atoms with E-state index in [1.165, 1.54) is 29.8 Å². The fourth-order valence-corrected chi connectivity index (χ4v) is 4.65. The summed E-state index contributed by atoms with van der Waals surface area (Å²) in [6, 6.07) is 23.9. The van der Waals surface area contributed by atoms with Crippen molar-refractivity contribution in [3.63, 3.8) is 0 Å². The number of rotatable bonds is 8. The van der Waals surface area contributed by atoms with Crippen molar-refractivity contribution in [3.05, 3.63) is 109 Å². The first kappa shape index (κ1) is 22.2. The molecule has 0 aliphatic carbocycles. The minimum atomic E-state index is -3.84. The van der Waals surface area contributed by atoms with Crippen molar-refractivity contribution in [2.75, 3.05) is 11.4 Å².